The van der Waals surface area contributed by atoms with Gasteiger partial charge in [-0.3, -0.25) is 18.9 Å². The van der Waals surface area contributed by atoms with Crippen LogP contribution >= 0.6 is 0 Å². The van der Waals surface area contributed by atoms with Gasteiger partial charge in [-0.25, -0.2) is 8.42 Å². The number of nitrogens with one attached hydrogen (secondary N) is 1. The molecule has 0 saturated heterocycles. The number of pyridine rings is 1. The second-order valence-corrected chi connectivity index (χ2v) is 8.76. The van der Waals surface area contributed by atoms with Crippen LogP contribution in [0.5, 0.6) is 0 Å². The number of oxime groups is 1. The molecule has 31 heavy (non-hydrogen) atoms. The summed E-state index contributed by atoms with van der Waals surface area (Å²) in [6.07, 6.45) is -1.03. The molecular formula is C19H26N6O5S. The van der Waals surface area contributed by atoms with E-state index in [9.17, 15) is 18.0 Å². The van der Waals surface area contributed by atoms with E-state index < -0.39 is 33.6 Å². The number of amides is 1. The van der Waals surface area contributed by atoms with Crippen LogP contribution < -0.4 is 27.5 Å². The lowest BCUT2D eigenvalue weighted by Crippen LogP contribution is -2.42. The maximum absolute atomic E-state index is 13.1. The maximum atomic E-state index is 13.1. The van der Waals surface area contributed by atoms with Crippen LogP contribution in [0.4, 0.5) is 5.69 Å². The number of hydrogen-bond donors (Lipinski definition) is 4. The molecule has 7 N–H and O–H groups in total. The van der Waals surface area contributed by atoms with Gasteiger partial charge in [-0.15, -0.1) is 0 Å². The molecule has 0 fully saturated rings. The van der Waals surface area contributed by atoms with E-state index in [1.54, 1.807) is 32.9 Å². The number of aryl methyl sites for hydroxylation is 3. The topological polar surface area (TPSA) is 185 Å². The second kappa shape index (κ2) is 9.08. The zero-order valence-electron chi connectivity index (χ0n) is 17.6. The Bertz CT molecular complexity index is 1180. The zero-order valence-corrected chi connectivity index (χ0v) is 18.4. The van der Waals surface area contributed by atoms with Crippen molar-refractivity contribution in [2.75, 3.05) is 4.72 Å². The molecular weight excluding hydrogens is 424 g/mol. The van der Waals surface area contributed by atoms with Gasteiger partial charge < -0.3 is 22.0 Å². The molecule has 0 radical (unpaired) electrons. The molecule has 0 aliphatic heterocycles. The predicted molar refractivity (Wildman–Crippen MR) is 117 cm³/mol. The van der Waals surface area contributed by atoms with E-state index in [1.807, 2.05) is 0 Å². The highest BCUT2D eigenvalue weighted by Gasteiger charge is 2.30. The molecule has 2 rings (SSSR count). The minimum atomic E-state index is -4.07. The van der Waals surface area contributed by atoms with Crippen LogP contribution in [0.25, 0.3) is 0 Å². The molecule has 2 atom stereocenters. The number of carbonyl (C=O) groups is 1. The molecule has 0 spiro atoms. The molecule has 2 unspecified atom stereocenters. The third kappa shape index (κ3) is 5.34. The Morgan fingerprint density at radius 2 is 1.77 bits per heavy atom. The molecule has 0 bridgehead atoms. The quantitative estimate of drug-likeness (QED) is 0.251. The van der Waals surface area contributed by atoms with Crippen molar-refractivity contribution in [2.45, 2.75) is 44.7 Å². The lowest BCUT2D eigenvalue weighted by Gasteiger charge is -2.24. The molecule has 1 heterocycles. The normalized spacial score (nSPS) is 13.2. The van der Waals surface area contributed by atoms with Crippen molar-refractivity contribution in [2.24, 2.45) is 22.4 Å². The van der Waals surface area contributed by atoms with Crippen LogP contribution in [0, 0.1) is 20.8 Å². The van der Waals surface area contributed by atoms with Crippen molar-refractivity contribution < 1.29 is 18.0 Å². The first kappa shape index (κ1) is 23.7. The molecule has 1 aromatic heterocycles. The van der Waals surface area contributed by atoms with Crippen LogP contribution in [0.15, 0.2) is 45.2 Å². The summed E-state index contributed by atoms with van der Waals surface area (Å²) in [4.78, 5) is 30.4. The Hall–Kier alpha value is -3.54. The number of aromatic nitrogens is 1. The van der Waals surface area contributed by atoms with E-state index in [0.717, 1.165) is 10.1 Å². The van der Waals surface area contributed by atoms with Gasteiger partial charge in [-0.1, -0.05) is 12.1 Å². The zero-order chi connectivity index (χ0) is 23.5. The Morgan fingerprint density at radius 3 is 2.35 bits per heavy atom. The third-order valence-electron chi connectivity index (χ3n) is 4.54. The highest BCUT2D eigenvalue weighted by atomic mass is 32.2. The van der Waals surface area contributed by atoms with E-state index in [-0.39, 0.29) is 16.5 Å². The Balaban J connectivity index is 2.55. The Labute approximate surface area is 179 Å². The number of nitrogens with zero attached hydrogens (tertiary/aromatic N) is 2. The van der Waals surface area contributed by atoms with Crippen LogP contribution in [0.1, 0.15) is 29.8 Å². The molecule has 1 amide bonds. The van der Waals surface area contributed by atoms with Gasteiger partial charge in [-0.2, -0.15) is 0 Å². The molecule has 168 valence electrons. The van der Waals surface area contributed by atoms with Gasteiger partial charge in [-0.05, 0) is 62.2 Å². The summed E-state index contributed by atoms with van der Waals surface area (Å²) in [5.74, 6) is -1.27. The van der Waals surface area contributed by atoms with Gasteiger partial charge in [0.25, 0.3) is 15.6 Å². The summed E-state index contributed by atoms with van der Waals surface area (Å²) >= 11 is 0. The van der Waals surface area contributed by atoms with Gasteiger partial charge in [0.2, 0.25) is 11.9 Å². The van der Waals surface area contributed by atoms with Crippen molar-refractivity contribution in [1.82, 2.24) is 4.57 Å². The van der Waals surface area contributed by atoms with E-state index in [4.69, 9.17) is 22.0 Å². The minimum absolute atomic E-state index is 0.0370. The van der Waals surface area contributed by atoms with Crippen molar-refractivity contribution in [1.29, 1.82) is 0 Å². The lowest BCUT2D eigenvalue weighted by atomic mass is 10.1. The fraction of sp³-hybridized carbons (Fsp3) is 0.316. The number of nitrogens with two attached hydrogens (primary N) is 3. The molecule has 2 aromatic rings. The molecule has 11 nitrogen and oxygen atoms in total. The summed E-state index contributed by atoms with van der Waals surface area (Å²) in [6.45, 7) is 6.41. The standard InChI is InChI=1S/C19H26N6O5S/c1-10-5-6-11(2)15(9-10)31(28,29)24-14-8-7-12(3)25(18(14)27)16(17(20)26)13(4)30-23-19(21)22/h5-9,13,16,24H,1-4H3,(H2,20,26)(H4,21,22,23). The summed E-state index contributed by atoms with van der Waals surface area (Å²) in [5.41, 5.74) is 16.5. The van der Waals surface area contributed by atoms with Crippen LogP contribution in [0.2, 0.25) is 0 Å². The fourth-order valence-corrected chi connectivity index (χ4v) is 4.42. The number of benzene rings is 1. The van der Waals surface area contributed by atoms with Gasteiger partial charge in [0.1, 0.15) is 5.69 Å². The summed E-state index contributed by atoms with van der Waals surface area (Å²) in [6, 6.07) is 6.44. The SMILES string of the molecule is Cc1ccc(C)c(S(=O)(=O)Nc2ccc(C)n(C(C(N)=O)C(C)ON=C(N)N)c2=O)c1. The van der Waals surface area contributed by atoms with Crippen molar-refractivity contribution >= 4 is 27.6 Å². The molecule has 12 heteroatoms. The molecule has 0 saturated carbocycles. The number of carbonyl (C=O) groups excluding carboxylic acids is 1. The first-order valence-electron chi connectivity index (χ1n) is 9.21. The highest BCUT2D eigenvalue weighted by molar-refractivity contribution is 7.92. The van der Waals surface area contributed by atoms with Crippen molar-refractivity contribution in [3.05, 3.63) is 57.5 Å². The van der Waals surface area contributed by atoms with Gasteiger partial charge in [0.15, 0.2) is 12.1 Å². The first-order chi connectivity index (χ1) is 14.3. The number of guanidine groups is 1. The monoisotopic (exact) mass is 450 g/mol. The Kier molecular flexibility index (Phi) is 6.95. The average molecular weight is 451 g/mol. The lowest BCUT2D eigenvalue weighted by molar-refractivity contribution is -0.125. The molecule has 1 aromatic carbocycles. The summed E-state index contributed by atoms with van der Waals surface area (Å²) in [5, 5.41) is 3.39. The molecule has 0 aliphatic carbocycles. The largest absolute Gasteiger partial charge is 0.387 e. The van der Waals surface area contributed by atoms with Gasteiger partial charge in [0.05, 0.1) is 4.90 Å². The van der Waals surface area contributed by atoms with Crippen molar-refractivity contribution in [3.8, 4) is 0 Å². The predicted octanol–water partition coefficient (Wildman–Crippen LogP) is 0.194. The highest BCUT2D eigenvalue weighted by Crippen LogP contribution is 2.21. The van der Waals surface area contributed by atoms with Gasteiger partial charge in [0, 0.05) is 5.69 Å². The smallest absolute Gasteiger partial charge is 0.275 e. The fourth-order valence-electron chi connectivity index (χ4n) is 3.04. The first-order valence-corrected chi connectivity index (χ1v) is 10.7. The number of primary amides is 1. The molecule has 0 aliphatic rings. The number of rotatable bonds is 8. The van der Waals surface area contributed by atoms with E-state index >= 15 is 0 Å². The second-order valence-electron chi connectivity index (χ2n) is 7.11. The summed E-state index contributed by atoms with van der Waals surface area (Å²) in [7, 11) is -4.07. The van der Waals surface area contributed by atoms with E-state index in [1.165, 1.54) is 25.1 Å². The third-order valence-corrected chi connectivity index (χ3v) is 6.04. The van der Waals surface area contributed by atoms with Crippen LogP contribution in [0.3, 0.4) is 0 Å². The number of anilines is 1. The number of sulfonamides is 1. The average Bonchev–Trinajstić information content (AvgIpc) is 2.66. The van der Waals surface area contributed by atoms with E-state index in [0.29, 0.717) is 11.3 Å². The number of hydrogen-bond acceptors (Lipinski definition) is 6. The Morgan fingerprint density at radius 1 is 1.13 bits per heavy atom. The van der Waals surface area contributed by atoms with Gasteiger partial charge >= 0.3 is 0 Å². The van der Waals surface area contributed by atoms with E-state index in [2.05, 4.69) is 9.88 Å². The maximum Gasteiger partial charge on any atom is 0.275 e. The van der Waals surface area contributed by atoms with Crippen LogP contribution in [-0.2, 0) is 19.7 Å². The van der Waals surface area contributed by atoms with Crippen molar-refractivity contribution in [3.63, 3.8) is 0 Å². The minimum Gasteiger partial charge on any atom is -0.387 e. The summed E-state index contributed by atoms with van der Waals surface area (Å²) < 4.78 is 29.2. The van der Waals surface area contributed by atoms with Crippen LogP contribution in [-0.4, -0.2) is 31.0 Å².